The highest BCUT2D eigenvalue weighted by Crippen LogP contribution is 2.49. The lowest BCUT2D eigenvalue weighted by atomic mass is 9.82. The third kappa shape index (κ3) is 9.06. The van der Waals surface area contributed by atoms with Crippen LogP contribution in [0.3, 0.4) is 0 Å². The number of benzene rings is 6. The van der Waals surface area contributed by atoms with Crippen LogP contribution in [0.15, 0.2) is 127 Å². The molecule has 5 heteroatoms. The number of hydrogen-bond acceptors (Lipinski definition) is 5. The molecule has 6 aromatic rings. The third-order valence-corrected chi connectivity index (χ3v) is 12.5. The molecule has 0 aromatic heterocycles. The minimum absolute atomic E-state index is 0.682. The van der Waals surface area contributed by atoms with Gasteiger partial charge in [-0.05, 0) is 107 Å². The largest absolute Gasteiger partial charge is 0.494 e. The van der Waals surface area contributed by atoms with Gasteiger partial charge in [0.05, 0.1) is 20.8 Å². The first-order chi connectivity index (χ1) is 29.6. The molecule has 0 saturated carbocycles. The van der Waals surface area contributed by atoms with E-state index >= 15 is 0 Å². The van der Waals surface area contributed by atoms with Crippen molar-refractivity contribution in [1.82, 2.24) is 0 Å². The van der Waals surface area contributed by atoms with Crippen LogP contribution in [0.2, 0.25) is 0 Å². The lowest BCUT2D eigenvalue weighted by Gasteiger charge is -2.37. The van der Waals surface area contributed by atoms with Crippen molar-refractivity contribution < 1.29 is 18.9 Å². The van der Waals surface area contributed by atoms with Gasteiger partial charge in [-0.2, -0.15) is 0 Å². The normalized spacial score (nSPS) is 15.8. The summed E-state index contributed by atoms with van der Waals surface area (Å²) in [5.41, 5.74) is 8.10. The molecule has 2 aliphatic heterocycles. The van der Waals surface area contributed by atoms with Crippen LogP contribution < -0.4 is 23.8 Å². The summed E-state index contributed by atoms with van der Waals surface area (Å²) in [5.74, 6) is 3.12. The minimum atomic E-state index is -0.813. The second-order valence-corrected chi connectivity index (χ2v) is 16.5. The first kappa shape index (κ1) is 41.1. The van der Waals surface area contributed by atoms with E-state index in [1.165, 1.54) is 76.3 Å². The van der Waals surface area contributed by atoms with E-state index in [2.05, 4.69) is 145 Å². The highest BCUT2D eigenvalue weighted by atomic mass is 16.5. The Morgan fingerprint density at radius 3 is 1.78 bits per heavy atom. The molecule has 0 bridgehead atoms. The highest BCUT2D eigenvalue weighted by Gasteiger charge is 2.38. The predicted octanol–water partition coefficient (Wildman–Crippen LogP) is 14.4. The number of methoxy groups -OCH3 is 2. The van der Waals surface area contributed by atoms with Crippen LogP contribution in [0.4, 0.5) is 5.69 Å². The monoisotopic (exact) mass is 799 g/mol. The summed E-state index contributed by atoms with van der Waals surface area (Å²) in [6.45, 7) is 5.27. The van der Waals surface area contributed by atoms with E-state index in [0.29, 0.717) is 11.5 Å². The topological polar surface area (TPSA) is 40.2 Å². The van der Waals surface area contributed by atoms with Crippen molar-refractivity contribution in [3.63, 3.8) is 0 Å². The zero-order chi connectivity index (χ0) is 41.2. The molecular formula is C55H61NO4. The van der Waals surface area contributed by atoms with Crippen molar-refractivity contribution >= 4 is 22.5 Å². The van der Waals surface area contributed by atoms with E-state index in [1.807, 2.05) is 0 Å². The maximum absolute atomic E-state index is 7.35. The zero-order valence-electron chi connectivity index (χ0n) is 35.9. The van der Waals surface area contributed by atoms with Gasteiger partial charge in [-0.3, -0.25) is 0 Å². The van der Waals surface area contributed by atoms with Gasteiger partial charge in [-0.15, -0.1) is 0 Å². The van der Waals surface area contributed by atoms with Crippen molar-refractivity contribution in [3.8, 4) is 45.3 Å². The SMILES string of the molecule is CCCCCCCCCCCCOc1ccc(-c2ccc(-c3cc4c(c5cc(OC)c(OC)cc35)C=CC(c3ccccc3)(c3ccc(N5CCCC5)cc3)O4)cc2)cc1. The molecule has 1 unspecified atom stereocenters. The number of rotatable bonds is 19. The lowest BCUT2D eigenvalue weighted by Crippen LogP contribution is -2.34. The fraction of sp³-hybridized carbons (Fsp3) is 0.345. The molecule has 1 fully saturated rings. The number of nitrogens with zero attached hydrogens (tertiary/aromatic N) is 1. The number of fused-ring (bicyclic) bond motifs is 3. The summed E-state index contributed by atoms with van der Waals surface area (Å²) in [5, 5.41) is 2.11. The molecule has 0 radical (unpaired) electrons. The molecule has 1 atom stereocenters. The van der Waals surface area contributed by atoms with E-state index in [4.69, 9.17) is 18.9 Å². The van der Waals surface area contributed by atoms with E-state index in [1.54, 1.807) is 14.2 Å². The van der Waals surface area contributed by atoms with Gasteiger partial charge in [0.1, 0.15) is 11.5 Å². The van der Waals surface area contributed by atoms with Crippen molar-refractivity contribution in [2.45, 2.75) is 89.6 Å². The maximum Gasteiger partial charge on any atom is 0.178 e. The summed E-state index contributed by atoms with van der Waals surface area (Å²) < 4.78 is 25.2. The molecule has 0 N–H and O–H groups in total. The second-order valence-electron chi connectivity index (χ2n) is 16.5. The van der Waals surface area contributed by atoms with Crippen LogP contribution in [0.1, 0.15) is 101 Å². The van der Waals surface area contributed by atoms with E-state index in [9.17, 15) is 0 Å². The summed E-state index contributed by atoms with van der Waals surface area (Å²) in [6, 6.07) is 43.3. The van der Waals surface area contributed by atoms with Crippen molar-refractivity contribution in [3.05, 3.63) is 144 Å². The fourth-order valence-electron chi connectivity index (χ4n) is 9.07. The number of anilines is 1. The quantitative estimate of drug-likeness (QED) is 0.0763. The van der Waals surface area contributed by atoms with Gasteiger partial charge >= 0.3 is 0 Å². The molecule has 0 amide bonds. The average molecular weight is 800 g/mol. The Morgan fingerprint density at radius 1 is 0.583 bits per heavy atom. The van der Waals surface area contributed by atoms with Crippen LogP contribution in [0.25, 0.3) is 39.1 Å². The molecule has 0 spiro atoms. The molecule has 1 saturated heterocycles. The van der Waals surface area contributed by atoms with Gasteiger partial charge < -0.3 is 23.8 Å². The van der Waals surface area contributed by atoms with Crippen LogP contribution in [0.5, 0.6) is 23.0 Å². The molecule has 310 valence electrons. The molecule has 60 heavy (non-hydrogen) atoms. The summed E-state index contributed by atoms with van der Waals surface area (Å²) in [6.07, 6.45) is 20.2. The van der Waals surface area contributed by atoms with Gasteiger partial charge in [0.2, 0.25) is 0 Å². The van der Waals surface area contributed by atoms with Crippen LogP contribution in [0, 0.1) is 0 Å². The smallest absolute Gasteiger partial charge is 0.178 e. The van der Waals surface area contributed by atoms with Crippen molar-refractivity contribution in [1.29, 1.82) is 0 Å². The first-order valence-electron chi connectivity index (χ1n) is 22.5. The molecule has 0 aliphatic carbocycles. The second kappa shape index (κ2) is 19.6. The zero-order valence-corrected chi connectivity index (χ0v) is 35.9. The Bertz CT molecular complexity index is 2330. The maximum atomic E-state index is 7.35. The molecule has 6 aromatic carbocycles. The summed E-state index contributed by atoms with van der Waals surface area (Å²) in [4.78, 5) is 2.47. The van der Waals surface area contributed by atoms with Crippen molar-refractivity contribution in [2.24, 2.45) is 0 Å². The third-order valence-electron chi connectivity index (χ3n) is 12.5. The standard InChI is InChI=1S/C55H61NO4/c1-4-5-6-7-8-9-10-11-12-18-37-59-47-31-25-42(26-32-47)41-21-23-43(24-22-41)49-38-52-48(50-39-53(57-2)54(58-3)40-51(49)50)33-34-55(60-52,44-19-14-13-15-20-44)45-27-29-46(30-28-45)56-35-16-17-36-56/h13-15,19-34,38-40H,4-12,16-18,35-37H2,1-3H3. The van der Waals surface area contributed by atoms with Gasteiger partial charge in [0, 0.05) is 35.5 Å². The van der Waals surface area contributed by atoms with Gasteiger partial charge in [0.25, 0.3) is 0 Å². The minimum Gasteiger partial charge on any atom is -0.494 e. The Balaban J connectivity index is 1.04. The average Bonchev–Trinajstić information content (AvgIpc) is 3.86. The molecular weight excluding hydrogens is 739 g/mol. The summed E-state index contributed by atoms with van der Waals surface area (Å²) >= 11 is 0. The van der Waals surface area contributed by atoms with Gasteiger partial charge in [-0.25, -0.2) is 0 Å². The molecule has 5 nitrogen and oxygen atoms in total. The lowest BCUT2D eigenvalue weighted by molar-refractivity contribution is 0.161. The Labute approximate surface area is 358 Å². The summed E-state index contributed by atoms with van der Waals surface area (Å²) in [7, 11) is 3.38. The Hall–Kier alpha value is -5.68. The number of ether oxygens (including phenoxy) is 4. The fourth-order valence-corrected chi connectivity index (χ4v) is 9.07. The first-order valence-corrected chi connectivity index (χ1v) is 22.5. The highest BCUT2D eigenvalue weighted by molar-refractivity contribution is 6.05. The van der Waals surface area contributed by atoms with Crippen LogP contribution >= 0.6 is 0 Å². The van der Waals surface area contributed by atoms with E-state index in [0.717, 1.165) is 87.3 Å². The van der Waals surface area contributed by atoms with Crippen molar-refractivity contribution in [2.75, 3.05) is 38.8 Å². The van der Waals surface area contributed by atoms with Gasteiger partial charge in [0.15, 0.2) is 17.1 Å². The Kier molecular flexibility index (Phi) is 13.4. The van der Waals surface area contributed by atoms with Crippen LogP contribution in [-0.2, 0) is 5.60 Å². The Morgan fingerprint density at radius 2 is 1.15 bits per heavy atom. The molecule has 2 heterocycles. The molecule has 2 aliphatic rings. The number of unbranched alkanes of at least 4 members (excludes halogenated alkanes) is 9. The predicted molar refractivity (Wildman–Crippen MR) is 250 cm³/mol. The van der Waals surface area contributed by atoms with Crippen LogP contribution in [-0.4, -0.2) is 33.9 Å². The number of hydrogen-bond donors (Lipinski definition) is 0. The molecule has 8 rings (SSSR count). The van der Waals surface area contributed by atoms with Gasteiger partial charge in [-0.1, -0.05) is 144 Å². The van der Waals surface area contributed by atoms with E-state index < -0.39 is 5.60 Å². The van der Waals surface area contributed by atoms with E-state index in [-0.39, 0.29) is 0 Å².